The Balaban J connectivity index is 1.81. The normalized spacial score (nSPS) is 25.2. The van der Waals surface area contributed by atoms with E-state index < -0.39 is 0 Å². The van der Waals surface area contributed by atoms with E-state index in [1.165, 1.54) is 44.5 Å². The van der Waals surface area contributed by atoms with Crippen LogP contribution < -0.4 is 5.32 Å². The van der Waals surface area contributed by atoms with Crippen LogP contribution in [0.5, 0.6) is 0 Å². The molecule has 1 aliphatic rings. The first-order chi connectivity index (χ1) is 8.83. The molecule has 1 aliphatic heterocycles. The highest BCUT2D eigenvalue weighted by molar-refractivity contribution is 5.14. The Morgan fingerprint density at radius 1 is 1.28 bits per heavy atom. The first kappa shape index (κ1) is 13.6. The number of likely N-dealkylation sites (tertiary alicyclic amines) is 1. The summed E-state index contributed by atoms with van der Waals surface area (Å²) < 4.78 is 0. The average Bonchev–Trinajstić information content (AvgIpc) is 2.45. The van der Waals surface area contributed by atoms with Crippen molar-refractivity contribution in [2.45, 2.75) is 32.2 Å². The Kier molecular flexibility index (Phi) is 5.21. The summed E-state index contributed by atoms with van der Waals surface area (Å²) in [5.41, 5.74) is 1.46. The summed E-state index contributed by atoms with van der Waals surface area (Å²) in [4.78, 5) is 2.63. The minimum absolute atomic E-state index is 0.725. The molecule has 100 valence electrons. The molecule has 0 radical (unpaired) electrons. The van der Waals surface area contributed by atoms with Gasteiger partial charge in [-0.3, -0.25) is 0 Å². The Hall–Kier alpha value is -0.860. The van der Waals surface area contributed by atoms with Gasteiger partial charge in [0.25, 0.3) is 0 Å². The highest BCUT2D eigenvalue weighted by Gasteiger charge is 2.26. The van der Waals surface area contributed by atoms with E-state index in [0.29, 0.717) is 0 Å². The van der Waals surface area contributed by atoms with Crippen LogP contribution in [0.3, 0.4) is 0 Å². The van der Waals surface area contributed by atoms with Crippen molar-refractivity contribution in [2.75, 3.05) is 26.7 Å². The number of hydrogen-bond donors (Lipinski definition) is 1. The van der Waals surface area contributed by atoms with Crippen molar-refractivity contribution in [2.24, 2.45) is 5.92 Å². The molecule has 0 aliphatic carbocycles. The topological polar surface area (TPSA) is 15.3 Å². The van der Waals surface area contributed by atoms with Gasteiger partial charge in [0, 0.05) is 19.1 Å². The number of nitrogens with one attached hydrogen (secondary N) is 1. The average molecular weight is 246 g/mol. The molecule has 1 saturated heterocycles. The van der Waals surface area contributed by atoms with E-state index >= 15 is 0 Å². The van der Waals surface area contributed by atoms with Crippen molar-refractivity contribution >= 4 is 0 Å². The Morgan fingerprint density at radius 2 is 2.06 bits per heavy atom. The molecule has 1 fully saturated rings. The molecule has 1 aromatic rings. The lowest BCUT2D eigenvalue weighted by molar-refractivity contribution is 0.140. The molecule has 0 aromatic heterocycles. The lowest BCUT2D eigenvalue weighted by atomic mass is 9.90. The van der Waals surface area contributed by atoms with Crippen molar-refractivity contribution < 1.29 is 0 Å². The fourth-order valence-corrected chi connectivity index (χ4v) is 3.04. The first-order valence-corrected chi connectivity index (χ1v) is 7.27. The third-order valence-corrected chi connectivity index (χ3v) is 4.27. The molecule has 2 nitrogen and oxygen atoms in total. The van der Waals surface area contributed by atoms with Gasteiger partial charge in [-0.2, -0.15) is 0 Å². The van der Waals surface area contributed by atoms with Gasteiger partial charge in [0.15, 0.2) is 0 Å². The molecule has 18 heavy (non-hydrogen) atoms. The number of hydrogen-bond acceptors (Lipinski definition) is 2. The lowest BCUT2D eigenvalue weighted by Gasteiger charge is -2.38. The summed E-state index contributed by atoms with van der Waals surface area (Å²) in [6.45, 7) is 6.02. The zero-order valence-electron chi connectivity index (χ0n) is 11.7. The van der Waals surface area contributed by atoms with Gasteiger partial charge in [-0.05, 0) is 37.9 Å². The molecule has 1 heterocycles. The fraction of sp³-hybridized carbons (Fsp3) is 0.625. The zero-order chi connectivity index (χ0) is 12.8. The molecule has 0 amide bonds. The number of rotatable bonds is 5. The third-order valence-electron chi connectivity index (χ3n) is 4.27. The molecule has 1 N–H and O–H groups in total. The van der Waals surface area contributed by atoms with E-state index in [-0.39, 0.29) is 0 Å². The van der Waals surface area contributed by atoms with Crippen molar-refractivity contribution in [3.05, 3.63) is 35.9 Å². The summed E-state index contributed by atoms with van der Waals surface area (Å²) in [6, 6.07) is 11.6. The number of benzene rings is 1. The Labute approximate surface area is 111 Å². The van der Waals surface area contributed by atoms with Crippen LogP contribution in [0.2, 0.25) is 0 Å². The van der Waals surface area contributed by atoms with Crippen molar-refractivity contribution in [3.8, 4) is 0 Å². The van der Waals surface area contributed by atoms with E-state index in [1.54, 1.807) is 0 Å². The predicted octanol–water partition coefficient (Wildman–Crippen LogP) is 2.55. The molecule has 2 heteroatoms. The second kappa shape index (κ2) is 6.91. The van der Waals surface area contributed by atoms with Gasteiger partial charge in [0.05, 0.1) is 0 Å². The van der Waals surface area contributed by atoms with Crippen LogP contribution in [0.4, 0.5) is 0 Å². The predicted molar refractivity (Wildman–Crippen MR) is 77.8 cm³/mol. The van der Waals surface area contributed by atoms with Gasteiger partial charge in [-0.15, -0.1) is 0 Å². The van der Waals surface area contributed by atoms with Gasteiger partial charge >= 0.3 is 0 Å². The highest BCUT2D eigenvalue weighted by Crippen LogP contribution is 2.20. The summed E-state index contributed by atoms with van der Waals surface area (Å²) in [5, 5.41) is 3.47. The molecular formula is C16H26N2. The Morgan fingerprint density at radius 3 is 2.72 bits per heavy atom. The molecule has 2 atom stereocenters. The number of nitrogens with zero attached hydrogens (tertiary/aromatic N) is 1. The summed E-state index contributed by atoms with van der Waals surface area (Å²) >= 11 is 0. The van der Waals surface area contributed by atoms with Crippen molar-refractivity contribution in [3.63, 3.8) is 0 Å². The van der Waals surface area contributed by atoms with Crippen molar-refractivity contribution in [1.82, 2.24) is 10.2 Å². The highest BCUT2D eigenvalue weighted by atomic mass is 15.1. The van der Waals surface area contributed by atoms with Gasteiger partial charge in [0.1, 0.15) is 0 Å². The maximum Gasteiger partial charge on any atom is 0.0117 e. The van der Waals surface area contributed by atoms with E-state index in [0.717, 1.165) is 12.0 Å². The van der Waals surface area contributed by atoms with Gasteiger partial charge in [0.2, 0.25) is 0 Å². The quantitative estimate of drug-likeness (QED) is 0.859. The second-order valence-corrected chi connectivity index (χ2v) is 5.39. The van der Waals surface area contributed by atoms with E-state index in [9.17, 15) is 0 Å². The maximum absolute atomic E-state index is 3.47. The summed E-state index contributed by atoms with van der Waals surface area (Å²) in [7, 11) is 2.10. The van der Waals surface area contributed by atoms with Crippen LogP contribution in [0, 0.1) is 5.92 Å². The molecule has 2 unspecified atom stereocenters. The first-order valence-electron chi connectivity index (χ1n) is 7.27. The summed E-state index contributed by atoms with van der Waals surface area (Å²) in [6.07, 6.45) is 3.76. The van der Waals surface area contributed by atoms with Crippen LogP contribution in [-0.2, 0) is 6.42 Å². The fourth-order valence-electron chi connectivity index (χ4n) is 3.04. The minimum Gasteiger partial charge on any atom is -0.317 e. The van der Waals surface area contributed by atoms with Crippen LogP contribution in [0.25, 0.3) is 0 Å². The Bertz CT molecular complexity index is 336. The molecule has 1 aromatic carbocycles. The smallest absolute Gasteiger partial charge is 0.0117 e. The molecule has 0 spiro atoms. The second-order valence-electron chi connectivity index (χ2n) is 5.39. The van der Waals surface area contributed by atoms with Gasteiger partial charge in [-0.25, -0.2) is 0 Å². The SMILES string of the molecule is CCC1CN(CCc2ccccc2)CCC1NC. The zero-order valence-corrected chi connectivity index (χ0v) is 11.7. The third kappa shape index (κ3) is 3.56. The molecule has 0 bridgehead atoms. The van der Waals surface area contributed by atoms with E-state index in [1.807, 2.05) is 0 Å². The van der Waals surface area contributed by atoms with Crippen LogP contribution in [0.1, 0.15) is 25.3 Å². The largest absolute Gasteiger partial charge is 0.317 e. The van der Waals surface area contributed by atoms with Crippen LogP contribution in [-0.4, -0.2) is 37.6 Å². The maximum atomic E-state index is 3.47. The molecule has 0 saturated carbocycles. The monoisotopic (exact) mass is 246 g/mol. The molecule has 2 rings (SSSR count). The van der Waals surface area contributed by atoms with Crippen LogP contribution >= 0.6 is 0 Å². The minimum atomic E-state index is 0.725. The number of piperidine rings is 1. The molecular weight excluding hydrogens is 220 g/mol. The van der Waals surface area contributed by atoms with Crippen LogP contribution in [0.15, 0.2) is 30.3 Å². The van der Waals surface area contributed by atoms with Crippen molar-refractivity contribution in [1.29, 1.82) is 0 Å². The van der Waals surface area contributed by atoms with E-state index in [4.69, 9.17) is 0 Å². The van der Waals surface area contributed by atoms with Gasteiger partial charge in [-0.1, -0.05) is 43.7 Å². The standard InChI is InChI=1S/C16H26N2/c1-3-15-13-18(12-10-16(15)17-2)11-9-14-7-5-4-6-8-14/h4-8,15-17H,3,9-13H2,1-2H3. The van der Waals surface area contributed by atoms with Gasteiger partial charge < -0.3 is 10.2 Å². The lowest BCUT2D eigenvalue weighted by Crippen LogP contribution is -2.48. The van der Waals surface area contributed by atoms with E-state index in [2.05, 4.69) is 54.5 Å². The summed E-state index contributed by atoms with van der Waals surface area (Å²) in [5.74, 6) is 0.819.